The van der Waals surface area contributed by atoms with E-state index in [4.69, 9.17) is 17.4 Å². The Morgan fingerprint density at radius 3 is 2.92 bits per heavy atom. The van der Waals surface area contributed by atoms with Gasteiger partial charge in [0.05, 0.1) is 0 Å². The van der Waals surface area contributed by atoms with Crippen LogP contribution in [-0.4, -0.2) is 10.9 Å². The summed E-state index contributed by atoms with van der Waals surface area (Å²) in [6, 6.07) is 3.76. The van der Waals surface area contributed by atoms with E-state index in [0.29, 0.717) is 11.7 Å². The van der Waals surface area contributed by atoms with Gasteiger partial charge in [0.2, 0.25) is 0 Å². The number of halogens is 1. The minimum atomic E-state index is 0.645. The second-order valence-electron chi connectivity index (χ2n) is 2.50. The van der Waals surface area contributed by atoms with Crippen LogP contribution in [0.2, 0.25) is 0 Å². The van der Waals surface area contributed by atoms with Crippen LogP contribution in [0.5, 0.6) is 0 Å². The maximum absolute atomic E-state index is 5.52. The molecule has 0 aliphatic carbocycles. The molecule has 0 amide bonds. The topological polar surface area (TPSA) is 50.9 Å². The van der Waals surface area contributed by atoms with Gasteiger partial charge in [-0.15, -0.1) is 11.6 Å². The number of nitrogens with two attached hydrogens (primary N) is 1. The molecule has 3 nitrogen and oxygen atoms in total. The van der Waals surface area contributed by atoms with Crippen molar-refractivity contribution in [1.29, 1.82) is 0 Å². The van der Waals surface area contributed by atoms with Gasteiger partial charge in [0.1, 0.15) is 5.82 Å². The average Bonchev–Trinajstić information content (AvgIpc) is 2.19. The lowest BCUT2D eigenvalue weighted by atomic mass is 10.2. The minimum absolute atomic E-state index is 0.645. The zero-order valence-corrected chi connectivity index (χ0v) is 7.96. The van der Waals surface area contributed by atoms with Gasteiger partial charge in [-0.3, -0.25) is 0 Å². The number of hydrazine groups is 1. The largest absolute Gasteiger partial charge is 0.308 e. The summed E-state index contributed by atoms with van der Waals surface area (Å²) in [4.78, 5) is 4.06. The maximum Gasteiger partial charge on any atom is 0.139 e. The van der Waals surface area contributed by atoms with Crippen LogP contribution in [0.1, 0.15) is 12.0 Å². The standard InChI is InChI=1S/C9H12ClN3/c10-6-2-1-3-8-4-5-9(13-11)12-7-8/h1,3-5,7H,2,6,11H2,(H,12,13). The third-order valence-electron chi connectivity index (χ3n) is 1.52. The summed E-state index contributed by atoms with van der Waals surface area (Å²) in [5.74, 6) is 6.48. The van der Waals surface area contributed by atoms with Crippen LogP contribution in [0, 0.1) is 0 Å². The van der Waals surface area contributed by atoms with Gasteiger partial charge >= 0.3 is 0 Å². The molecule has 70 valence electrons. The number of anilines is 1. The predicted octanol–water partition coefficient (Wildman–Crippen LogP) is 2.01. The number of aromatic nitrogens is 1. The summed E-state index contributed by atoms with van der Waals surface area (Å²) in [5.41, 5.74) is 3.51. The van der Waals surface area contributed by atoms with E-state index in [0.717, 1.165) is 12.0 Å². The molecule has 0 aromatic carbocycles. The summed E-state index contributed by atoms with van der Waals surface area (Å²) in [6.07, 6.45) is 6.62. The lowest BCUT2D eigenvalue weighted by Crippen LogP contribution is -2.07. The normalized spacial score (nSPS) is 10.6. The fourth-order valence-electron chi connectivity index (χ4n) is 0.872. The van der Waals surface area contributed by atoms with Crippen LogP contribution >= 0.6 is 11.6 Å². The van der Waals surface area contributed by atoms with Gasteiger partial charge < -0.3 is 5.43 Å². The lowest BCUT2D eigenvalue weighted by Gasteiger charge is -1.97. The van der Waals surface area contributed by atoms with E-state index in [2.05, 4.69) is 10.4 Å². The molecule has 0 aliphatic rings. The first-order valence-electron chi connectivity index (χ1n) is 4.02. The second-order valence-corrected chi connectivity index (χ2v) is 2.88. The van der Waals surface area contributed by atoms with Crippen molar-refractivity contribution in [2.45, 2.75) is 6.42 Å². The number of nitrogen functional groups attached to an aromatic ring is 1. The molecule has 0 saturated heterocycles. The van der Waals surface area contributed by atoms with Crippen molar-refractivity contribution in [3.8, 4) is 0 Å². The Balaban J connectivity index is 2.58. The number of allylic oxidation sites excluding steroid dienone is 1. The number of pyridine rings is 1. The number of nitrogens with one attached hydrogen (secondary N) is 1. The number of hydrogen-bond donors (Lipinski definition) is 2. The number of hydrogen-bond acceptors (Lipinski definition) is 3. The van der Waals surface area contributed by atoms with Gasteiger partial charge in [0, 0.05) is 12.1 Å². The molecular weight excluding hydrogens is 186 g/mol. The highest BCUT2D eigenvalue weighted by Gasteiger charge is 1.89. The van der Waals surface area contributed by atoms with Gasteiger partial charge in [-0.2, -0.15) is 0 Å². The first-order valence-corrected chi connectivity index (χ1v) is 4.55. The third-order valence-corrected chi connectivity index (χ3v) is 1.74. The summed E-state index contributed by atoms with van der Waals surface area (Å²) in [6.45, 7) is 0. The average molecular weight is 198 g/mol. The Morgan fingerprint density at radius 1 is 1.54 bits per heavy atom. The first kappa shape index (κ1) is 10.0. The molecule has 0 aliphatic heterocycles. The van der Waals surface area contributed by atoms with E-state index in [1.807, 2.05) is 24.3 Å². The number of alkyl halides is 1. The van der Waals surface area contributed by atoms with E-state index in [9.17, 15) is 0 Å². The van der Waals surface area contributed by atoms with Crippen molar-refractivity contribution in [2.24, 2.45) is 5.84 Å². The van der Waals surface area contributed by atoms with Crippen molar-refractivity contribution in [3.05, 3.63) is 30.0 Å². The van der Waals surface area contributed by atoms with Gasteiger partial charge in [-0.1, -0.05) is 12.2 Å². The van der Waals surface area contributed by atoms with Crippen LogP contribution in [0.25, 0.3) is 6.08 Å². The van der Waals surface area contributed by atoms with Crippen LogP contribution < -0.4 is 11.3 Å². The summed E-state index contributed by atoms with van der Waals surface area (Å²) in [7, 11) is 0. The van der Waals surface area contributed by atoms with Crippen molar-refractivity contribution >= 4 is 23.5 Å². The van der Waals surface area contributed by atoms with Crippen LogP contribution in [0.15, 0.2) is 24.4 Å². The molecule has 1 aromatic rings. The zero-order valence-electron chi connectivity index (χ0n) is 7.20. The molecule has 0 radical (unpaired) electrons. The Morgan fingerprint density at radius 2 is 2.38 bits per heavy atom. The monoisotopic (exact) mass is 197 g/mol. The molecule has 1 rings (SSSR count). The van der Waals surface area contributed by atoms with E-state index in [1.54, 1.807) is 6.20 Å². The molecule has 0 fully saturated rings. The zero-order chi connectivity index (χ0) is 9.52. The summed E-state index contributed by atoms with van der Waals surface area (Å²) < 4.78 is 0. The van der Waals surface area contributed by atoms with E-state index in [-0.39, 0.29) is 0 Å². The van der Waals surface area contributed by atoms with Crippen molar-refractivity contribution < 1.29 is 0 Å². The third kappa shape index (κ3) is 3.44. The van der Waals surface area contributed by atoms with Crippen molar-refractivity contribution in [3.63, 3.8) is 0 Å². The molecule has 0 atom stereocenters. The molecule has 1 heterocycles. The highest BCUT2D eigenvalue weighted by molar-refractivity contribution is 6.17. The van der Waals surface area contributed by atoms with E-state index in [1.165, 1.54) is 0 Å². The Labute approximate surface area is 82.6 Å². The molecule has 4 heteroatoms. The first-order chi connectivity index (χ1) is 6.36. The van der Waals surface area contributed by atoms with Crippen LogP contribution in [-0.2, 0) is 0 Å². The maximum atomic E-state index is 5.52. The molecular formula is C9H12ClN3. The molecule has 0 unspecified atom stereocenters. The summed E-state index contributed by atoms with van der Waals surface area (Å²) >= 11 is 5.52. The van der Waals surface area contributed by atoms with Gasteiger partial charge in [-0.05, 0) is 24.1 Å². The van der Waals surface area contributed by atoms with Crippen molar-refractivity contribution in [1.82, 2.24) is 4.98 Å². The van der Waals surface area contributed by atoms with Crippen LogP contribution in [0.3, 0.4) is 0 Å². The Hall–Kier alpha value is -1.06. The molecule has 13 heavy (non-hydrogen) atoms. The van der Waals surface area contributed by atoms with Gasteiger partial charge in [-0.25, -0.2) is 10.8 Å². The van der Waals surface area contributed by atoms with Gasteiger partial charge in [0.15, 0.2) is 0 Å². The fraction of sp³-hybridized carbons (Fsp3) is 0.222. The molecule has 1 aromatic heterocycles. The Kier molecular flexibility index (Phi) is 4.29. The SMILES string of the molecule is NNc1ccc(C=CCCCl)cn1. The minimum Gasteiger partial charge on any atom is -0.308 e. The van der Waals surface area contributed by atoms with E-state index < -0.39 is 0 Å². The quantitative estimate of drug-likeness (QED) is 0.441. The van der Waals surface area contributed by atoms with Crippen LogP contribution in [0.4, 0.5) is 5.82 Å². The predicted molar refractivity (Wildman–Crippen MR) is 56.4 cm³/mol. The highest BCUT2D eigenvalue weighted by Crippen LogP contribution is 2.05. The smallest absolute Gasteiger partial charge is 0.139 e. The fourth-order valence-corrected chi connectivity index (χ4v) is 0.998. The van der Waals surface area contributed by atoms with Crippen molar-refractivity contribution in [2.75, 3.05) is 11.3 Å². The molecule has 0 spiro atoms. The number of nitrogens with zero attached hydrogens (tertiary/aromatic N) is 1. The molecule has 0 bridgehead atoms. The highest BCUT2D eigenvalue weighted by atomic mass is 35.5. The molecule has 0 saturated carbocycles. The lowest BCUT2D eigenvalue weighted by molar-refractivity contribution is 1.22. The van der Waals surface area contributed by atoms with Gasteiger partial charge in [0.25, 0.3) is 0 Å². The van der Waals surface area contributed by atoms with E-state index >= 15 is 0 Å². The molecule has 3 N–H and O–H groups in total. The summed E-state index contributed by atoms with van der Waals surface area (Å²) in [5, 5.41) is 0. The Bertz CT molecular complexity index is 269. The number of rotatable bonds is 4. The second kappa shape index (κ2) is 5.56.